The molecule has 1 unspecified atom stereocenters. The Morgan fingerprint density at radius 1 is 0.966 bits per heavy atom. The molecule has 0 spiro atoms. The van der Waals surface area contributed by atoms with Crippen LogP contribution >= 0.6 is 0 Å². The normalized spacial score (nSPS) is 22.4. The van der Waals surface area contributed by atoms with Crippen molar-refractivity contribution in [3.63, 3.8) is 0 Å². The van der Waals surface area contributed by atoms with Gasteiger partial charge in [-0.05, 0) is 43.3 Å². The number of piperazine rings is 1. The Morgan fingerprint density at radius 2 is 1.66 bits per heavy atom. The lowest BCUT2D eigenvalue weighted by Gasteiger charge is -2.36. The fraction of sp³-hybridized carbons (Fsp3) is 0.429. The van der Waals surface area contributed by atoms with Crippen LogP contribution < -0.4 is 4.90 Å². The molecule has 0 bridgehead atoms. The van der Waals surface area contributed by atoms with Crippen LogP contribution in [0.2, 0.25) is 0 Å². The molecule has 1 fully saturated rings. The van der Waals surface area contributed by atoms with Gasteiger partial charge in [0.25, 0.3) is 0 Å². The van der Waals surface area contributed by atoms with Gasteiger partial charge in [0.05, 0.1) is 11.0 Å². The van der Waals surface area contributed by atoms with E-state index in [0.717, 1.165) is 38.4 Å². The van der Waals surface area contributed by atoms with E-state index < -0.39 is 16.1 Å². The predicted molar refractivity (Wildman–Crippen MR) is 110 cm³/mol. The van der Waals surface area contributed by atoms with Gasteiger partial charge in [0.15, 0.2) is 0 Å². The first kappa shape index (κ1) is 20.3. The number of aliphatic hydroxyl groups is 1. The third kappa shape index (κ3) is 4.30. The summed E-state index contributed by atoms with van der Waals surface area (Å²) in [6.07, 6.45) is -0.0704. The van der Waals surface area contributed by atoms with Gasteiger partial charge < -0.3 is 10.0 Å². The molecule has 1 saturated heterocycles. The molecule has 2 heterocycles. The number of anilines is 1. The van der Waals surface area contributed by atoms with Gasteiger partial charge in [-0.1, -0.05) is 18.2 Å². The number of hydrogen-bond acceptors (Lipinski definition) is 5. The van der Waals surface area contributed by atoms with Crippen molar-refractivity contribution >= 4 is 15.7 Å². The molecule has 1 N–H and O–H groups in total. The molecule has 2 aliphatic heterocycles. The van der Waals surface area contributed by atoms with Crippen LogP contribution in [0.5, 0.6) is 0 Å². The summed E-state index contributed by atoms with van der Waals surface area (Å²) in [5.74, 6) is -0.229. The molecular formula is C21H26FN3O3S. The van der Waals surface area contributed by atoms with E-state index in [2.05, 4.69) is 9.80 Å². The average molecular weight is 420 g/mol. The summed E-state index contributed by atoms with van der Waals surface area (Å²) in [5, 5.41) is 10.3. The Bertz CT molecular complexity index is 944. The summed E-state index contributed by atoms with van der Waals surface area (Å²) in [6, 6.07) is 13.2. The molecule has 2 aromatic carbocycles. The smallest absolute Gasteiger partial charge is 0.243 e. The zero-order valence-electron chi connectivity index (χ0n) is 16.2. The van der Waals surface area contributed by atoms with E-state index in [9.17, 15) is 17.9 Å². The van der Waals surface area contributed by atoms with Crippen molar-refractivity contribution in [3.8, 4) is 0 Å². The van der Waals surface area contributed by atoms with Crippen LogP contribution in [0.4, 0.5) is 10.1 Å². The number of β-amino-alcohol motifs (C(OH)–C–C–N with tert-alkyl or cyclic N) is 1. The van der Waals surface area contributed by atoms with Crippen LogP contribution in [0.25, 0.3) is 0 Å². The number of fused-ring (bicyclic) bond motifs is 1. The second-order valence-corrected chi connectivity index (χ2v) is 9.48. The van der Waals surface area contributed by atoms with Crippen molar-refractivity contribution in [1.29, 1.82) is 0 Å². The van der Waals surface area contributed by atoms with Crippen molar-refractivity contribution in [2.45, 2.75) is 17.4 Å². The van der Waals surface area contributed by atoms with Gasteiger partial charge in [-0.3, -0.25) is 4.90 Å². The molecule has 2 aromatic rings. The van der Waals surface area contributed by atoms with Crippen LogP contribution in [-0.2, 0) is 10.0 Å². The van der Waals surface area contributed by atoms with Crippen molar-refractivity contribution < 1.29 is 17.9 Å². The third-order valence-electron chi connectivity index (χ3n) is 5.72. The number of sulfonamides is 1. The number of benzene rings is 2. The first-order valence-electron chi connectivity index (χ1n) is 9.95. The Hall–Kier alpha value is -2.00. The first-order chi connectivity index (χ1) is 13.9. The van der Waals surface area contributed by atoms with Crippen molar-refractivity contribution in [1.82, 2.24) is 9.21 Å². The van der Waals surface area contributed by atoms with Crippen LogP contribution in [0, 0.1) is 5.82 Å². The maximum absolute atomic E-state index is 13.1. The Kier molecular flexibility index (Phi) is 5.87. The lowest BCUT2D eigenvalue weighted by molar-refractivity contribution is 0.135. The molecule has 8 heteroatoms. The SMILES string of the molecule is O=S1(=O)c2ccccc2C(O)CN1CCCN1CCN(c2ccc(F)cc2)CC1. The van der Waals surface area contributed by atoms with Gasteiger partial charge in [0, 0.05) is 50.5 Å². The highest BCUT2D eigenvalue weighted by atomic mass is 32.2. The van der Waals surface area contributed by atoms with E-state index in [1.54, 1.807) is 36.4 Å². The fourth-order valence-electron chi connectivity index (χ4n) is 4.08. The largest absolute Gasteiger partial charge is 0.387 e. The van der Waals surface area contributed by atoms with Gasteiger partial charge in [0.2, 0.25) is 10.0 Å². The third-order valence-corrected chi connectivity index (χ3v) is 7.66. The van der Waals surface area contributed by atoms with Crippen molar-refractivity contribution in [3.05, 3.63) is 59.9 Å². The summed E-state index contributed by atoms with van der Waals surface area (Å²) in [5.41, 5.74) is 1.51. The maximum Gasteiger partial charge on any atom is 0.243 e. The highest BCUT2D eigenvalue weighted by Gasteiger charge is 2.35. The fourth-order valence-corrected chi connectivity index (χ4v) is 5.82. The van der Waals surface area contributed by atoms with E-state index in [1.807, 2.05) is 0 Å². The molecule has 0 amide bonds. The molecule has 6 nitrogen and oxygen atoms in total. The minimum absolute atomic E-state index is 0.109. The van der Waals surface area contributed by atoms with Crippen molar-refractivity contribution in [2.24, 2.45) is 0 Å². The van der Waals surface area contributed by atoms with Crippen LogP contribution in [-0.4, -0.2) is 68.5 Å². The lowest BCUT2D eigenvalue weighted by Crippen LogP contribution is -2.47. The van der Waals surface area contributed by atoms with Gasteiger partial charge in [-0.2, -0.15) is 4.31 Å². The summed E-state index contributed by atoms with van der Waals surface area (Å²) < 4.78 is 40.1. The monoisotopic (exact) mass is 419 g/mol. The molecule has 156 valence electrons. The highest BCUT2D eigenvalue weighted by Crippen LogP contribution is 2.32. The van der Waals surface area contributed by atoms with E-state index in [-0.39, 0.29) is 17.3 Å². The summed E-state index contributed by atoms with van der Waals surface area (Å²) in [4.78, 5) is 4.77. The van der Waals surface area contributed by atoms with Crippen LogP contribution in [0.1, 0.15) is 18.1 Å². The van der Waals surface area contributed by atoms with Gasteiger partial charge in [0.1, 0.15) is 5.82 Å². The summed E-state index contributed by atoms with van der Waals surface area (Å²) in [6.45, 7) is 4.80. The quantitative estimate of drug-likeness (QED) is 0.804. The molecular weight excluding hydrogens is 393 g/mol. The standard InChI is InChI=1S/C21H26FN3O3S/c22-17-6-8-18(9-7-17)24-14-12-23(13-15-24)10-3-11-25-16-20(26)19-4-1-2-5-21(19)29(25,27)28/h1-2,4-9,20,26H,3,10-16H2. The van der Waals surface area contributed by atoms with E-state index >= 15 is 0 Å². The molecule has 4 rings (SSSR count). The minimum atomic E-state index is -3.55. The molecule has 0 aliphatic carbocycles. The van der Waals surface area contributed by atoms with E-state index in [0.29, 0.717) is 18.5 Å². The number of halogens is 1. The van der Waals surface area contributed by atoms with Gasteiger partial charge in [-0.25, -0.2) is 12.8 Å². The second-order valence-electron chi connectivity index (χ2n) is 7.58. The van der Waals surface area contributed by atoms with Crippen molar-refractivity contribution in [2.75, 3.05) is 50.7 Å². The van der Waals surface area contributed by atoms with E-state index in [4.69, 9.17) is 0 Å². The molecule has 2 aliphatic rings. The topological polar surface area (TPSA) is 64.1 Å². The summed E-state index contributed by atoms with van der Waals surface area (Å²) in [7, 11) is -3.55. The number of aliphatic hydroxyl groups excluding tert-OH is 1. The van der Waals surface area contributed by atoms with Gasteiger partial charge >= 0.3 is 0 Å². The van der Waals surface area contributed by atoms with Crippen LogP contribution in [0.15, 0.2) is 53.4 Å². The van der Waals surface area contributed by atoms with E-state index in [1.165, 1.54) is 16.4 Å². The highest BCUT2D eigenvalue weighted by molar-refractivity contribution is 7.89. The maximum atomic E-state index is 13.1. The average Bonchev–Trinajstić information content (AvgIpc) is 2.73. The predicted octanol–water partition coefficient (Wildman–Crippen LogP) is 2.08. The molecule has 0 radical (unpaired) electrons. The van der Waals surface area contributed by atoms with Gasteiger partial charge in [-0.15, -0.1) is 0 Å². The molecule has 0 saturated carbocycles. The number of nitrogens with zero attached hydrogens (tertiary/aromatic N) is 3. The first-order valence-corrected chi connectivity index (χ1v) is 11.4. The molecule has 29 heavy (non-hydrogen) atoms. The zero-order valence-corrected chi connectivity index (χ0v) is 17.1. The second kappa shape index (κ2) is 8.39. The Labute approximate surface area is 171 Å². The molecule has 1 atom stereocenters. The minimum Gasteiger partial charge on any atom is -0.387 e. The number of rotatable bonds is 5. The molecule has 0 aromatic heterocycles. The van der Waals surface area contributed by atoms with Crippen LogP contribution in [0.3, 0.4) is 0 Å². The number of hydrogen-bond donors (Lipinski definition) is 1. The Balaban J connectivity index is 1.28. The Morgan fingerprint density at radius 3 is 2.38 bits per heavy atom. The lowest BCUT2D eigenvalue weighted by atomic mass is 10.1. The zero-order chi connectivity index (χ0) is 20.4. The summed E-state index contributed by atoms with van der Waals surface area (Å²) >= 11 is 0.